The van der Waals surface area contributed by atoms with E-state index in [0.717, 1.165) is 5.52 Å². The SMILES string of the molecule is COC(=O)Cn1c(C(C)Cl)nc2c(OC(C)C)cccc21. The molecule has 1 aromatic heterocycles. The van der Waals surface area contributed by atoms with Crippen molar-refractivity contribution in [3.05, 3.63) is 24.0 Å². The molecule has 0 bridgehead atoms. The molecule has 1 unspecified atom stereocenters. The molecule has 1 atom stereocenters. The standard InChI is InChI=1S/C15H19ClN2O3/c1-9(2)21-12-7-5-6-11-14(12)17-15(10(3)16)18(11)8-13(19)20-4/h5-7,9-10H,8H2,1-4H3. The first-order valence-corrected chi connectivity index (χ1v) is 7.24. The van der Waals surface area contributed by atoms with Gasteiger partial charge in [0.25, 0.3) is 0 Å². The molecule has 0 saturated carbocycles. The van der Waals surface area contributed by atoms with Gasteiger partial charge in [-0.05, 0) is 32.9 Å². The minimum absolute atomic E-state index is 0.0400. The number of nitrogens with zero attached hydrogens (tertiary/aromatic N) is 2. The molecule has 0 aliphatic heterocycles. The number of ether oxygens (including phenoxy) is 2. The Kier molecular flexibility index (Phi) is 4.73. The number of halogens is 1. The second kappa shape index (κ2) is 6.35. The van der Waals surface area contributed by atoms with Crippen molar-refractivity contribution in [3.63, 3.8) is 0 Å². The van der Waals surface area contributed by atoms with Crippen molar-refractivity contribution in [2.24, 2.45) is 0 Å². The zero-order valence-electron chi connectivity index (χ0n) is 12.6. The summed E-state index contributed by atoms with van der Waals surface area (Å²) >= 11 is 6.19. The van der Waals surface area contributed by atoms with E-state index in [1.54, 1.807) is 4.57 Å². The topological polar surface area (TPSA) is 53.4 Å². The lowest BCUT2D eigenvalue weighted by Crippen LogP contribution is -2.14. The maximum absolute atomic E-state index is 11.6. The van der Waals surface area contributed by atoms with Gasteiger partial charge in [-0.2, -0.15) is 0 Å². The molecule has 0 fully saturated rings. The number of alkyl halides is 1. The van der Waals surface area contributed by atoms with E-state index in [1.807, 2.05) is 39.0 Å². The molecule has 114 valence electrons. The number of rotatable bonds is 5. The van der Waals surface area contributed by atoms with Gasteiger partial charge in [-0.3, -0.25) is 4.79 Å². The lowest BCUT2D eigenvalue weighted by Gasteiger charge is -2.10. The van der Waals surface area contributed by atoms with Crippen molar-refractivity contribution in [3.8, 4) is 5.75 Å². The van der Waals surface area contributed by atoms with Crippen LogP contribution in [0.1, 0.15) is 32.0 Å². The minimum Gasteiger partial charge on any atom is -0.489 e. The first-order chi connectivity index (χ1) is 9.93. The van der Waals surface area contributed by atoms with Gasteiger partial charge in [-0.25, -0.2) is 4.98 Å². The molecule has 21 heavy (non-hydrogen) atoms. The van der Waals surface area contributed by atoms with Gasteiger partial charge in [0.15, 0.2) is 0 Å². The van der Waals surface area contributed by atoms with Crippen LogP contribution in [0.5, 0.6) is 5.75 Å². The fourth-order valence-electron chi connectivity index (χ4n) is 2.15. The summed E-state index contributed by atoms with van der Waals surface area (Å²) in [5.74, 6) is 0.963. The number of carbonyl (C=O) groups excluding carboxylic acids is 1. The molecular weight excluding hydrogens is 292 g/mol. The van der Waals surface area contributed by atoms with E-state index in [9.17, 15) is 4.79 Å². The molecule has 1 aromatic carbocycles. The Morgan fingerprint density at radius 2 is 2.10 bits per heavy atom. The zero-order valence-corrected chi connectivity index (χ0v) is 13.3. The largest absolute Gasteiger partial charge is 0.489 e. The number of benzene rings is 1. The number of imidazole rings is 1. The average molecular weight is 311 g/mol. The highest BCUT2D eigenvalue weighted by atomic mass is 35.5. The Balaban J connectivity index is 2.59. The van der Waals surface area contributed by atoms with E-state index >= 15 is 0 Å². The van der Waals surface area contributed by atoms with Crippen LogP contribution in [0.2, 0.25) is 0 Å². The summed E-state index contributed by atoms with van der Waals surface area (Å²) in [6.45, 7) is 5.80. The van der Waals surface area contributed by atoms with Gasteiger partial charge in [-0.1, -0.05) is 6.07 Å². The summed E-state index contributed by atoms with van der Waals surface area (Å²) in [7, 11) is 1.36. The van der Waals surface area contributed by atoms with Crippen LogP contribution in [-0.4, -0.2) is 28.7 Å². The number of methoxy groups -OCH3 is 1. The summed E-state index contributed by atoms with van der Waals surface area (Å²) in [5.41, 5.74) is 1.51. The van der Waals surface area contributed by atoms with Crippen LogP contribution in [0.25, 0.3) is 11.0 Å². The van der Waals surface area contributed by atoms with Crippen LogP contribution in [-0.2, 0) is 16.1 Å². The summed E-state index contributed by atoms with van der Waals surface area (Å²) in [6.07, 6.45) is 0.0400. The Morgan fingerprint density at radius 1 is 1.38 bits per heavy atom. The second-order valence-corrected chi connectivity index (χ2v) is 5.69. The van der Waals surface area contributed by atoms with Crippen molar-refractivity contribution in [1.82, 2.24) is 9.55 Å². The molecule has 0 amide bonds. The monoisotopic (exact) mass is 310 g/mol. The molecule has 5 nitrogen and oxygen atoms in total. The van der Waals surface area contributed by atoms with E-state index in [2.05, 4.69) is 4.98 Å². The number of aromatic nitrogens is 2. The molecule has 0 radical (unpaired) electrons. The van der Waals surface area contributed by atoms with E-state index in [1.165, 1.54) is 7.11 Å². The number of carbonyl (C=O) groups is 1. The quantitative estimate of drug-likeness (QED) is 0.628. The first kappa shape index (κ1) is 15.6. The molecule has 0 aliphatic carbocycles. The maximum atomic E-state index is 11.6. The predicted molar refractivity (Wildman–Crippen MR) is 81.8 cm³/mol. The molecular formula is C15H19ClN2O3. The average Bonchev–Trinajstić information content (AvgIpc) is 2.78. The Hall–Kier alpha value is -1.75. The predicted octanol–water partition coefficient (Wildman–Crippen LogP) is 3.30. The molecule has 0 N–H and O–H groups in total. The molecule has 2 rings (SSSR count). The summed E-state index contributed by atoms with van der Waals surface area (Å²) in [4.78, 5) is 16.2. The highest BCUT2D eigenvalue weighted by molar-refractivity contribution is 6.20. The van der Waals surface area contributed by atoms with Gasteiger partial charge in [0.2, 0.25) is 0 Å². The summed E-state index contributed by atoms with van der Waals surface area (Å²) < 4.78 is 12.3. The van der Waals surface area contributed by atoms with Crippen LogP contribution in [0, 0.1) is 0 Å². The van der Waals surface area contributed by atoms with Crippen LogP contribution in [0.3, 0.4) is 0 Å². The van der Waals surface area contributed by atoms with Crippen LogP contribution < -0.4 is 4.74 Å². The first-order valence-electron chi connectivity index (χ1n) is 6.80. The van der Waals surface area contributed by atoms with Crippen molar-refractivity contribution >= 4 is 28.6 Å². The van der Waals surface area contributed by atoms with Crippen molar-refractivity contribution < 1.29 is 14.3 Å². The Morgan fingerprint density at radius 3 is 2.67 bits per heavy atom. The van der Waals surface area contributed by atoms with Crippen molar-refractivity contribution in [1.29, 1.82) is 0 Å². The number of hydrogen-bond acceptors (Lipinski definition) is 4. The third kappa shape index (κ3) is 3.29. The third-order valence-corrected chi connectivity index (χ3v) is 3.20. The van der Waals surface area contributed by atoms with E-state index in [4.69, 9.17) is 21.1 Å². The molecule has 0 saturated heterocycles. The molecule has 2 aromatic rings. The van der Waals surface area contributed by atoms with Gasteiger partial charge < -0.3 is 14.0 Å². The fraction of sp³-hybridized carbons (Fsp3) is 0.467. The lowest BCUT2D eigenvalue weighted by molar-refractivity contribution is -0.141. The van der Waals surface area contributed by atoms with E-state index in [-0.39, 0.29) is 24.0 Å². The summed E-state index contributed by atoms with van der Waals surface area (Å²) in [6, 6.07) is 5.62. The highest BCUT2D eigenvalue weighted by Crippen LogP contribution is 2.30. The van der Waals surface area contributed by atoms with E-state index < -0.39 is 0 Å². The smallest absolute Gasteiger partial charge is 0.325 e. The van der Waals surface area contributed by atoms with Crippen molar-refractivity contribution in [2.75, 3.05) is 7.11 Å². The third-order valence-electron chi connectivity index (χ3n) is 3.00. The highest BCUT2D eigenvalue weighted by Gasteiger charge is 2.19. The summed E-state index contributed by atoms with van der Waals surface area (Å²) in [5, 5.41) is -0.325. The second-order valence-electron chi connectivity index (χ2n) is 5.04. The molecule has 0 spiro atoms. The number of hydrogen-bond donors (Lipinski definition) is 0. The van der Waals surface area contributed by atoms with Crippen LogP contribution >= 0.6 is 11.6 Å². The van der Waals surface area contributed by atoms with Crippen molar-refractivity contribution in [2.45, 2.75) is 38.8 Å². The zero-order chi connectivity index (χ0) is 15.6. The lowest BCUT2D eigenvalue weighted by atomic mass is 10.3. The van der Waals surface area contributed by atoms with Gasteiger partial charge in [0.05, 0.1) is 24.1 Å². The number of esters is 1. The van der Waals surface area contributed by atoms with Gasteiger partial charge in [0.1, 0.15) is 23.6 Å². The van der Waals surface area contributed by atoms with E-state index in [0.29, 0.717) is 17.1 Å². The Bertz CT molecular complexity index is 650. The van der Waals surface area contributed by atoms with Gasteiger partial charge >= 0.3 is 5.97 Å². The number of para-hydroxylation sites is 1. The normalized spacial score (nSPS) is 12.7. The minimum atomic E-state index is -0.344. The number of fused-ring (bicyclic) bond motifs is 1. The molecule has 1 heterocycles. The van der Waals surface area contributed by atoms with Gasteiger partial charge in [0, 0.05) is 0 Å². The van der Waals surface area contributed by atoms with Gasteiger partial charge in [-0.15, -0.1) is 11.6 Å². The van der Waals surface area contributed by atoms with Crippen LogP contribution in [0.15, 0.2) is 18.2 Å². The Labute approximate surface area is 128 Å². The maximum Gasteiger partial charge on any atom is 0.325 e. The molecule has 0 aliphatic rings. The fourth-order valence-corrected chi connectivity index (χ4v) is 2.32. The van der Waals surface area contributed by atoms with Crippen LogP contribution in [0.4, 0.5) is 0 Å². The molecule has 6 heteroatoms.